The van der Waals surface area contributed by atoms with Crippen molar-refractivity contribution in [3.05, 3.63) is 53.1 Å². The van der Waals surface area contributed by atoms with Gasteiger partial charge in [0.05, 0.1) is 23.4 Å². The van der Waals surface area contributed by atoms with Crippen LogP contribution in [0, 0.1) is 0 Å². The standard InChI is InChI=1S/C20H23ClN2O2S/c1-25-19-8-4-3-7-18(19)23-11-5-6-14(13-23)22-20(24)16-12-15(26-2)9-10-17(16)21/h3-4,7-10,12,14H,5-6,11,13H2,1-2H3,(H,22,24). The zero-order valence-corrected chi connectivity index (χ0v) is 16.6. The number of carbonyl (C=O) groups is 1. The second kappa shape index (κ2) is 8.69. The molecule has 6 heteroatoms. The third-order valence-electron chi connectivity index (χ3n) is 4.60. The van der Waals surface area contributed by atoms with Crippen molar-refractivity contribution in [3.8, 4) is 5.75 Å². The summed E-state index contributed by atoms with van der Waals surface area (Å²) in [7, 11) is 1.68. The Kier molecular flexibility index (Phi) is 6.33. The van der Waals surface area contributed by atoms with Crippen LogP contribution < -0.4 is 15.0 Å². The molecular weight excluding hydrogens is 368 g/mol. The lowest BCUT2D eigenvalue weighted by atomic mass is 10.0. The van der Waals surface area contributed by atoms with Gasteiger partial charge in [0.15, 0.2) is 0 Å². The number of nitrogens with zero attached hydrogens (tertiary/aromatic N) is 1. The number of benzene rings is 2. The molecule has 138 valence electrons. The monoisotopic (exact) mass is 390 g/mol. The van der Waals surface area contributed by atoms with Crippen molar-refractivity contribution in [2.75, 3.05) is 31.4 Å². The van der Waals surface area contributed by atoms with Gasteiger partial charge in [0.25, 0.3) is 5.91 Å². The Morgan fingerprint density at radius 2 is 2.12 bits per heavy atom. The summed E-state index contributed by atoms with van der Waals surface area (Å²) in [6, 6.07) is 13.6. The molecule has 1 fully saturated rings. The molecule has 3 rings (SSSR count). The van der Waals surface area contributed by atoms with Crippen LogP contribution in [0.3, 0.4) is 0 Å². The van der Waals surface area contributed by atoms with Gasteiger partial charge in [-0.2, -0.15) is 0 Å². The van der Waals surface area contributed by atoms with Crippen LogP contribution in [0.15, 0.2) is 47.4 Å². The van der Waals surface area contributed by atoms with Gasteiger partial charge in [-0.05, 0) is 49.4 Å². The van der Waals surface area contributed by atoms with Gasteiger partial charge in [-0.25, -0.2) is 0 Å². The maximum atomic E-state index is 12.7. The number of ether oxygens (including phenoxy) is 1. The Labute approximate surface area is 163 Å². The van der Waals surface area contributed by atoms with Crippen LogP contribution in [0.25, 0.3) is 0 Å². The van der Waals surface area contributed by atoms with Crippen LogP contribution in [-0.2, 0) is 0 Å². The molecule has 0 bridgehead atoms. The average Bonchev–Trinajstić information content (AvgIpc) is 2.68. The minimum atomic E-state index is -0.113. The van der Waals surface area contributed by atoms with E-state index in [0.717, 1.165) is 42.3 Å². The van der Waals surface area contributed by atoms with Gasteiger partial charge < -0.3 is 15.0 Å². The first-order valence-corrected chi connectivity index (χ1v) is 10.2. The largest absolute Gasteiger partial charge is 0.495 e. The summed E-state index contributed by atoms with van der Waals surface area (Å²) in [6.45, 7) is 1.71. The topological polar surface area (TPSA) is 41.6 Å². The molecule has 0 aromatic heterocycles. The molecule has 0 radical (unpaired) electrons. The quantitative estimate of drug-likeness (QED) is 0.765. The number of carbonyl (C=O) groups excluding carboxylic acids is 1. The molecule has 0 aliphatic carbocycles. The van der Waals surface area contributed by atoms with Gasteiger partial charge in [-0.3, -0.25) is 4.79 Å². The van der Waals surface area contributed by atoms with E-state index in [2.05, 4.69) is 16.3 Å². The van der Waals surface area contributed by atoms with Crippen LogP contribution in [0.4, 0.5) is 5.69 Å². The lowest BCUT2D eigenvalue weighted by molar-refractivity contribution is 0.0933. The Hall–Kier alpha value is -1.85. The molecule has 1 atom stereocenters. The van der Waals surface area contributed by atoms with Crippen molar-refractivity contribution < 1.29 is 9.53 Å². The molecule has 1 aliphatic rings. The molecule has 4 nitrogen and oxygen atoms in total. The molecular formula is C20H23ClN2O2S. The fourth-order valence-electron chi connectivity index (χ4n) is 3.27. The lowest BCUT2D eigenvalue weighted by Gasteiger charge is -2.35. The highest BCUT2D eigenvalue weighted by atomic mass is 35.5. The lowest BCUT2D eigenvalue weighted by Crippen LogP contribution is -2.48. The highest BCUT2D eigenvalue weighted by Crippen LogP contribution is 2.30. The number of halogens is 1. The Morgan fingerprint density at radius 3 is 2.88 bits per heavy atom. The number of piperidine rings is 1. The van der Waals surface area contributed by atoms with Gasteiger partial charge in [0.2, 0.25) is 0 Å². The molecule has 1 saturated heterocycles. The average molecular weight is 391 g/mol. The number of amides is 1. The van der Waals surface area contributed by atoms with Crippen LogP contribution in [0.2, 0.25) is 5.02 Å². The maximum absolute atomic E-state index is 12.7. The number of anilines is 1. The van der Waals surface area contributed by atoms with E-state index in [9.17, 15) is 4.79 Å². The predicted octanol–water partition coefficient (Wildman–Crippen LogP) is 4.47. The van der Waals surface area contributed by atoms with E-state index in [1.54, 1.807) is 24.9 Å². The maximum Gasteiger partial charge on any atom is 0.253 e. The zero-order valence-electron chi connectivity index (χ0n) is 15.0. The Bertz CT molecular complexity index is 784. The van der Waals surface area contributed by atoms with Gasteiger partial charge in [0, 0.05) is 24.0 Å². The minimum absolute atomic E-state index is 0.0789. The first kappa shape index (κ1) is 18.9. The highest BCUT2D eigenvalue weighted by molar-refractivity contribution is 7.98. The predicted molar refractivity (Wildman–Crippen MR) is 109 cm³/mol. The summed E-state index contributed by atoms with van der Waals surface area (Å²) in [5, 5.41) is 3.63. The van der Waals surface area contributed by atoms with Crippen LogP contribution >= 0.6 is 23.4 Å². The molecule has 2 aromatic rings. The molecule has 1 aliphatic heterocycles. The number of rotatable bonds is 5. The van der Waals surface area contributed by atoms with E-state index in [1.807, 2.05) is 36.6 Å². The van der Waals surface area contributed by atoms with Gasteiger partial charge in [-0.15, -0.1) is 11.8 Å². The molecule has 1 amide bonds. The molecule has 1 unspecified atom stereocenters. The van der Waals surface area contributed by atoms with Gasteiger partial charge >= 0.3 is 0 Å². The SMILES string of the molecule is COc1ccccc1N1CCCC(NC(=O)c2cc(SC)ccc2Cl)C1. The van der Waals surface area contributed by atoms with Crippen LogP contribution in [-0.4, -0.2) is 38.4 Å². The number of thioether (sulfide) groups is 1. The van der Waals surface area contributed by atoms with E-state index in [-0.39, 0.29) is 11.9 Å². The summed E-state index contributed by atoms with van der Waals surface area (Å²) >= 11 is 7.83. The van der Waals surface area contributed by atoms with Crippen molar-refractivity contribution in [1.29, 1.82) is 0 Å². The molecule has 1 N–H and O–H groups in total. The molecule has 0 saturated carbocycles. The summed E-state index contributed by atoms with van der Waals surface area (Å²) in [6.07, 6.45) is 3.95. The highest BCUT2D eigenvalue weighted by Gasteiger charge is 2.24. The van der Waals surface area contributed by atoms with Crippen molar-refractivity contribution in [2.24, 2.45) is 0 Å². The van der Waals surface area contributed by atoms with Crippen LogP contribution in [0.1, 0.15) is 23.2 Å². The summed E-state index contributed by atoms with van der Waals surface area (Å²) in [5.41, 5.74) is 1.60. The molecule has 26 heavy (non-hydrogen) atoms. The summed E-state index contributed by atoms with van der Waals surface area (Å²) < 4.78 is 5.48. The van der Waals surface area contributed by atoms with Gasteiger partial charge in [0.1, 0.15) is 5.75 Å². The fraction of sp³-hybridized carbons (Fsp3) is 0.350. The van der Waals surface area contributed by atoms with E-state index < -0.39 is 0 Å². The number of hydrogen-bond donors (Lipinski definition) is 1. The fourth-order valence-corrected chi connectivity index (χ4v) is 3.92. The van der Waals surface area contributed by atoms with E-state index in [1.165, 1.54) is 0 Å². The van der Waals surface area contributed by atoms with Crippen LogP contribution in [0.5, 0.6) is 5.75 Å². The summed E-state index contributed by atoms with van der Waals surface area (Å²) in [5.74, 6) is 0.743. The third-order valence-corrected chi connectivity index (χ3v) is 5.66. The van der Waals surface area contributed by atoms with Crippen molar-refractivity contribution in [2.45, 2.75) is 23.8 Å². The first-order valence-electron chi connectivity index (χ1n) is 8.64. The number of methoxy groups -OCH3 is 1. The number of nitrogens with one attached hydrogen (secondary N) is 1. The van der Waals surface area contributed by atoms with E-state index in [0.29, 0.717) is 10.6 Å². The molecule has 1 heterocycles. The smallest absolute Gasteiger partial charge is 0.253 e. The molecule has 2 aromatic carbocycles. The van der Waals surface area contributed by atoms with Crippen molar-refractivity contribution in [1.82, 2.24) is 5.32 Å². The zero-order chi connectivity index (χ0) is 18.5. The number of hydrogen-bond acceptors (Lipinski definition) is 4. The Morgan fingerprint density at radius 1 is 1.31 bits per heavy atom. The first-order chi connectivity index (χ1) is 12.6. The summed E-state index contributed by atoms with van der Waals surface area (Å²) in [4.78, 5) is 16.0. The second-order valence-electron chi connectivity index (χ2n) is 6.28. The van der Waals surface area contributed by atoms with Gasteiger partial charge in [-0.1, -0.05) is 23.7 Å². The van der Waals surface area contributed by atoms with E-state index in [4.69, 9.17) is 16.3 Å². The Balaban J connectivity index is 1.71. The minimum Gasteiger partial charge on any atom is -0.495 e. The normalized spacial score (nSPS) is 17.0. The molecule has 0 spiro atoms. The van der Waals surface area contributed by atoms with Crippen molar-refractivity contribution >= 4 is 35.0 Å². The second-order valence-corrected chi connectivity index (χ2v) is 7.56. The van der Waals surface area contributed by atoms with E-state index >= 15 is 0 Å². The third kappa shape index (κ3) is 4.27. The number of para-hydroxylation sites is 2. The van der Waals surface area contributed by atoms with Crippen molar-refractivity contribution in [3.63, 3.8) is 0 Å².